The minimum atomic E-state index is -1.12. The van der Waals surface area contributed by atoms with Crippen molar-refractivity contribution in [2.75, 3.05) is 0 Å². The highest BCUT2D eigenvalue weighted by Gasteiger charge is 2.23. The Morgan fingerprint density at radius 1 is 1.03 bits per heavy atom. The van der Waals surface area contributed by atoms with Gasteiger partial charge in [0, 0.05) is 5.56 Å². The van der Waals surface area contributed by atoms with Crippen LogP contribution in [0.2, 0.25) is 5.02 Å². The molecule has 0 atom stereocenters. The molecule has 2 aromatic heterocycles. The van der Waals surface area contributed by atoms with E-state index in [1.54, 1.807) is 18.2 Å². The second-order valence-corrected chi connectivity index (χ2v) is 8.28. The molecule has 4 rings (SSSR count). The molecule has 0 aliphatic carbocycles. The van der Waals surface area contributed by atoms with Crippen molar-refractivity contribution in [1.82, 2.24) is 9.38 Å². The van der Waals surface area contributed by atoms with E-state index in [9.17, 15) is 14.7 Å². The Morgan fingerprint density at radius 2 is 1.63 bits per heavy atom. The highest BCUT2D eigenvalue weighted by atomic mass is 35.5. The summed E-state index contributed by atoms with van der Waals surface area (Å²) in [7, 11) is 0. The van der Waals surface area contributed by atoms with Gasteiger partial charge in [-0.05, 0) is 25.5 Å². The van der Waals surface area contributed by atoms with Crippen molar-refractivity contribution in [2.24, 2.45) is 0 Å². The van der Waals surface area contributed by atoms with E-state index in [0.717, 1.165) is 28.0 Å². The molecular formula is C23H17ClN2O3S. The summed E-state index contributed by atoms with van der Waals surface area (Å²) in [5.74, 6) is -1.12. The van der Waals surface area contributed by atoms with Crippen LogP contribution in [0.3, 0.4) is 0 Å². The number of rotatable bonds is 4. The minimum Gasteiger partial charge on any atom is -0.477 e. The molecule has 4 aromatic rings. The van der Waals surface area contributed by atoms with Gasteiger partial charge >= 0.3 is 5.97 Å². The third-order valence-corrected chi connectivity index (χ3v) is 6.07. The van der Waals surface area contributed by atoms with E-state index in [1.807, 2.05) is 56.3 Å². The molecule has 7 heteroatoms. The molecule has 0 aliphatic heterocycles. The summed E-state index contributed by atoms with van der Waals surface area (Å²) < 4.78 is 1.28. The number of thiazole rings is 1. The monoisotopic (exact) mass is 436 g/mol. The number of nitrogens with zero attached hydrogens (tertiary/aromatic N) is 2. The second-order valence-electron chi connectivity index (χ2n) is 6.93. The van der Waals surface area contributed by atoms with Gasteiger partial charge < -0.3 is 5.11 Å². The van der Waals surface area contributed by atoms with Gasteiger partial charge in [0.05, 0.1) is 11.4 Å². The number of carboxylic acid groups (broad SMARTS) is 1. The van der Waals surface area contributed by atoms with Gasteiger partial charge in [0.2, 0.25) is 0 Å². The van der Waals surface area contributed by atoms with E-state index in [-0.39, 0.29) is 20.6 Å². The van der Waals surface area contributed by atoms with Crippen LogP contribution in [0.25, 0.3) is 28.4 Å². The molecule has 0 unspecified atom stereocenters. The van der Waals surface area contributed by atoms with Crippen LogP contribution in [0, 0.1) is 13.8 Å². The number of hydrogen-bond acceptors (Lipinski definition) is 4. The van der Waals surface area contributed by atoms with Crippen LogP contribution in [0.4, 0.5) is 0 Å². The molecule has 0 spiro atoms. The lowest BCUT2D eigenvalue weighted by Crippen LogP contribution is -2.17. The summed E-state index contributed by atoms with van der Waals surface area (Å²) in [4.78, 5) is 29.7. The molecule has 0 saturated carbocycles. The van der Waals surface area contributed by atoms with Gasteiger partial charge in [0.25, 0.3) is 5.56 Å². The van der Waals surface area contributed by atoms with E-state index >= 15 is 0 Å². The van der Waals surface area contributed by atoms with Crippen LogP contribution in [0.15, 0.2) is 53.3 Å². The van der Waals surface area contributed by atoms with Crippen LogP contribution >= 0.6 is 22.9 Å². The van der Waals surface area contributed by atoms with Crippen molar-refractivity contribution in [1.29, 1.82) is 0 Å². The lowest BCUT2D eigenvalue weighted by molar-refractivity contribution is 0.0702. The maximum atomic E-state index is 13.1. The highest BCUT2D eigenvalue weighted by molar-refractivity contribution is 7.19. The third kappa shape index (κ3) is 3.67. The predicted octanol–water partition coefficient (Wildman–Crippen LogP) is 5.56. The maximum absolute atomic E-state index is 13.1. The summed E-state index contributed by atoms with van der Waals surface area (Å²) in [6, 6.07) is 15.2. The lowest BCUT2D eigenvalue weighted by atomic mass is 10.1. The zero-order valence-corrected chi connectivity index (χ0v) is 17.8. The van der Waals surface area contributed by atoms with Crippen molar-refractivity contribution in [2.45, 2.75) is 13.8 Å². The first-order valence-electron chi connectivity index (χ1n) is 9.15. The number of hydrogen-bond donors (Lipinski definition) is 1. The quantitative estimate of drug-likeness (QED) is 0.454. The number of carbonyl (C=O) groups is 1. The molecule has 0 amide bonds. The summed E-state index contributed by atoms with van der Waals surface area (Å²) in [5, 5.41) is 9.65. The average Bonchev–Trinajstić information content (AvgIpc) is 3.11. The van der Waals surface area contributed by atoms with E-state index in [1.165, 1.54) is 4.40 Å². The summed E-state index contributed by atoms with van der Waals surface area (Å²) >= 11 is 7.30. The van der Waals surface area contributed by atoms with Crippen LogP contribution < -0.4 is 5.56 Å². The van der Waals surface area contributed by atoms with Crippen LogP contribution in [0.5, 0.6) is 0 Å². The molecule has 0 saturated heterocycles. The molecule has 0 bridgehead atoms. The van der Waals surface area contributed by atoms with Crippen molar-refractivity contribution in [3.8, 4) is 11.3 Å². The number of halogens is 1. The van der Waals surface area contributed by atoms with Gasteiger partial charge in [0.1, 0.15) is 9.90 Å². The SMILES string of the molecule is Cc1ccc(/C=C/c2nc3sc(C(=O)O)c(-c4ccc(C)cc4)n3c(=O)c2Cl)cc1. The average molecular weight is 437 g/mol. The zero-order valence-electron chi connectivity index (χ0n) is 16.2. The van der Waals surface area contributed by atoms with Gasteiger partial charge in [-0.15, -0.1) is 0 Å². The van der Waals surface area contributed by atoms with Crippen molar-refractivity contribution in [3.63, 3.8) is 0 Å². The zero-order chi connectivity index (χ0) is 21.4. The number of aromatic nitrogens is 2. The normalized spacial score (nSPS) is 11.4. The van der Waals surface area contributed by atoms with Gasteiger partial charge in [-0.2, -0.15) is 0 Å². The smallest absolute Gasteiger partial charge is 0.348 e. The molecular weight excluding hydrogens is 420 g/mol. The topological polar surface area (TPSA) is 71.7 Å². The van der Waals surface area contributed by atoms with Crippen molar-refractivity contribution in [3.05, 3.63) is 91.2 Å². The van der Waals surface area contributed by atoms with E-state index in [4.69, 9.17) is 11.6 Å². The molecule has 30 heavy (non-hydrogen) atoms. The fourth-order valence-corrected chi connectivity index (χ4v) is 4.26. The number of aromatic carboxylic acids is 1. The van der Waals surface area contributed by atoms with Gasteiger partial charge in [0.15, 0.2) is 4.96 Å². The Kier molecular flexibility index (Phi) is 5.28. The molecule has 2 aromatic carbocycles. The summed E-state index contributed by atoms with van der Waals surface area (Å²) in [5.41, 5.74) is 3.83. The van der Waals surface area contributed by atoms with E-state index < -0.39 is 11.5 Å². The molecule has 5 nitrogen and oxygen atoms in total. The molecule has 0 aliphatic rings. The first-order chi connectivity index (χ1) is 14.3. The Bertz CT molecular complexity index is 1350. The standard InChI is InChI=1S/C23H17ClN2O3S/c1-13-3-7-15(8-4-13)9-12-17-18(24)21(27)26-19(16-10-5-14(2)6-11-16)20(22(28)29)30-23(26)25-17/h3-12H,1-2H3,(H,28,29)/b12-9+. The van der Waals surface area contributed by atoms with Crippen LogP contribution in [-0.2, 0) is 0 Å². The Morgan fingerprint density at radius 3 is 2.23 bits per heavy atom. The third-order valence-electron chi connectivity index (χ3n) is 4.69. The van der Waals surface area contributed by atoms with Crippen LogP contribution in [-0.4, -0.2) is 20.5 Å². The van der Waals surface area contributed by atoms with E-state index in [2.05, 4.69) is 4.98 Å². The first kappa shape index (κ1) is 20.1. The van der Waals surface area contributed by atoms with Gasteiger partial charge in [-0.25, -0.2) is 14.2 Å². The Balaban J connectivity index is 1.90. The lowest BCUT2D eigenvalue weighted by Gasteiger charge is -2.05. The fourth-order valence-electron chi connectivity index (χ4n) is 3.08. The predicted molar refractivity (Wildman–Crippen MR) is 122 cm³/mol. The number of benzene rings is 2. The maximum Gasteiger partial charge on any atom is 0.348 e. The first-order valence-corrected chi connectivity index (χ1v) is 10.3. The molecule has 0 fully saturated rings. The molecule has 2 heterocycles. The van der Waals surface area contributed by atoms with Crippen molar-refractivity contribution >= 4 is 46.0 Å². The second kappa shape index (κ2) is 7.89. The summed E-state index contributed by atoms with van der Waals surface area (Å²) in [6.45, 7) is 3.94. The van der Waals surface area contributed by atoms with Gasteiger partial charge in [-0.3, -0.25) is 4.79 Å². The number of aryl methyl sites for hydroxylation is 2. The Labute approximate surface area is 181 Å². The van der Waals surface area contributed by atoms with Crippen molar-refractivity contribution < 1.29 is 9.90 Å². The molecule has 150 valence electrons. The fraction of sp³-hybridized carbons (Fsp3) is 0.0870. The van der Waals surface area contributed by atoms with E-state index in [0.29, 0.717) is 11.3 Å². The summed E-state index contributed by atoms with van der Waals surface area (Å²) in [6.07, 6.45) is 3.48. The number of fused-ring (bicyclic) bond motifs is 1. The van der Waals surface area contributed by atoms with Crippen LogP contribution in [0.1, 0.15) is 32.1 Å². The highest BCUT2D eigenvalue weighted by Crippen LogP contribution is 2.31. The minimum absolute atomic E-state index is 0.0409. The molecule has 1 N–H and O–H groups in total. The van der Waals surface area contributed by atoms with Gasteiger partial charge in [-0.1, -0.05) is 88.7 Å². The Hall–Kier alpha value is -3.22. The largest absolute Gasteiger partial charge is 0.477 e. The number of carboxylic acids is 1. The molecule has 0 radical (unpaired) electrons.